The number of rotatable bonds is 2. The summed E-state index contributed by atoms with van der Waals surface area (Å²) in [5, 5.41) is 0. The van der Waals surface area contributed by atoms with Crippen LogP contribution in [0.4, 0.5) is 0 Å². The third kappa shape index (κ3) is 5.30. The van der Waals surface area contributed by atoms with E-state index in [1.54, 1.807) is 0 Å². The van der Waals surface area contributed by atoms with E-state index in [1.807, 2.05) is 93.8 Å². The van der Waals surface area contributed by atoms with Gasteiger partial charge in [0.05, 0.1) is 22.8 Å². The lowest BCUT2D eigenvalue weighted by Crippen LogP contribution is -1.90. The molecule has 0 spiro atoms. The first-order valence-corrected chi connectivity index (χ1v) is 9.24. The van der Waals surface area contributed by atoms with Crippen LogP contribution in [0.15, 0.2) is 73.1 Å². The maximum absolute atomic E-state index is 4.42. The molecule has 0 atom stereocenters. The van der Waals surface area contributed by atoms with E-state index < -0.39 is 0 Å². The highest BCUT2D eigenvalue weighted by atomic mass is 14.8. The molecule has 0 aliphatic heterocycles. The van der Waals surface area contributed by atoms with E-state index in [-0.39, 0.29) is 0 Å². The molecule has 0 N–H and O–H groups in total. The van der Waals surface area contributed by atoms with Crippen molar-refractivity contribution in [3.05, 3.63) is 95.6 Å². The third-order valence-electron chi connectivity index (χ3n) is 4.13. The normalized spacial score (nSPS) is 10.1. The summed E-state index contributed by atoms with van der Waals surface area (Å²) in [5.74, 6) is 0. The van der Waals surface area contributed by atoms with Crippen LogP contribution in [-0.2, 0) is 0 Å². The van der Waals surface area contributed by atoms with E-state index >= 15 is 0 Å². The minimum atomic E-state index is 0.930. The molecule has 0 amide bonds. The second kappa shape index (κ2) is 9.00. The maximum Gasteiger partial charge on any atom is 0.0889 e. The van der Waals surface area contributed by atoms with Crippen LogP contribution in [0, 0.1) is 27.7 Å². The van der Waals surface area contributed by atoms with E-state index in [2.05, 4.69) is 26.9 Å². The first kappa shape index (κ1) is 19.4. The molecule has 140 valence electrons. The summed E-state index contributed by atoms with van der Waals surface area (Å²) in [6, 6.07) is 20.0. The van der Waals surface area contributed by atoms with Gasteiger partial charge in [-0.15, -0.1) is 0 Å². The van der Waals surface area contributed by atoms with Crippen molar-refractivity contribution in [1.29, 1.82) is 0 Å². The molecule has 4 aromatic heterocycles. The minimum Gasteiger partial charge on any atom is -0.255 e. The topological polar surface area (TPSA) is 51.6 Å². The van der Waals surface area contributed by atoms with Crippen molar-refractivity contribution in [2.24, 2.45) is 0 Å². The van der Waals surface area contributed by atoms with Crippen molar-refractivity contribution in [2.75, 3.05) is 0 Å². The molecular formula is C24H24N4. The van der Waals surface area contributed by atoms with Gasteiger partial charge < -0.3 is 0 Å². The lowest BCUT2D eigenvalue weighted by molar-refractivity contribution is 1.15. The van der Waals surface area contributed by atoms with Gasteiger partial charge in [0.1, 0.15) is 0 Å². The van der Waals surface area contributed by atoms with Crippen molar-refractivity contribution in [1.82, 2.24) is 19.9 Å². The Bertz CT molecular complexity index is 1010. The molecule has 0 aromatic carbocycles. The summed E-state index contributed by atoms with van der Waals surface area (Å²) in [6.07, 6.45) is 3.67. The zero-order valence-corrected chi connectivity index (χ0v) is 16.7. The van der Waals surface area contributed by atoms with Gasteiger partial charge in [-0.1, -0.05) is 18.2 Å². The van der Waals surface area contributed by atoms with Gasteiger partial charge in [-0.2, -0.15) is 0 Å². The average molecular weight is 368 g/mol. The van der Waals surface area contributed by atoms with Crippen molar-refractivity contribution >= 4 is 0 Å². The van der Waals surface area contributed by atoms with Crippen molar-refractivity contribution in [3.8, 4) is 22.8 Å². The van der Waals surface area contributed by atoms with Gasteiger partial charge in [-0.25, -0.2) is 0 Å². The number of hydrogen-bond donors (Lipinski definition) is 0. The van der Waals surface area contributed by atoms with Crippen LogP contribution in [0.2, 0.25) is 0 Å². The van der Waals surface area contributed by atoms with Gasteiger partial charge >= 0.3 is 0 Å². The molecule has 4 heterocycles. The van der Waals surface area contributed by atoms with E-state index in [0.717, 1.165) is 34.2 Å². The number of aromatic nitrogens is 4. The van der Waals surface area contributed by atoms with Gasteiger partial charge in [0.25, 0.3) is 0 Å². The smallest absolute Gasteiger partial charge is 0.0889 e. The zero-order chi connectivity index (χ0) is 19.9. The highest BCUT2D eigenvalue weighted by Gasteiger charge is 2.00. The molecule has 4 rings (SSSR count). The molecule has 28 heavy (non-hydrogen) atoms. The standard InChI is InChI=1S/2C12H12N2/c1-9-5-3-7-11(13-9)12-8-4-6-10(2)14-12;1-9-5-6-13-12(7-9)11-4-3-10(2)8-14-11/h2*3-8H,1-2H3. The number of nitrogens with zero attached hydrogens (tertiary/aromatic N) is 4. The fourth-order valence-corrected chi connectivity index (χ4v) is 2.67. The molecule has 0 unspecified atom stereocenters. The maximum atomic E-state index is 4.42. The highest BCUT2D eigenvalue weighted by molar-refractivity contribution is 5.55. The fourth-order valence-electron chi connectivity index (χ4n) is 2.67. The predicted molar refractivity (Wildman–Crippen MR) is 114 cm³/mol. The quantitative estimate of drug-likeness (QED) is 0.467. The zero-order valence-electron chi connectivity index (χ0n) is 16.7. The summed E-state index contributed by atoms with van der Waals surface area (Å²) in [6.45, 7) is 8.05. The van der Waals surface area contributed by atoms with Gasteiger partial charge in [0.2, 0.25) is 0 Å². The Hall–Kier alpha value is -3.40. The Balaban J connectivity index is 0.000000161. The van der Waals surface area contributed by atoms with Crippen molar-refractivity contribution in [3.63, 3.8) is 0 Å². The molecule has 0 aliphatic carbocycles. The molecule has 0 aliphatic rings. The molecule has 0 saturated carbocycles. The summed E-state index contributed by atoms with van der Waals surface area (Å²) >= 11 is 0. The van der Waals surface area contributed by atoms with Crippen LogP contribution < -0.4 is 0 Å². The molecule has 0 fully saturated rings. The summed E-state index contributed by atoms with van der Waals surface area (Å²) in [4.78, 5) is 17.4. The number of pyridine rings is 4. The third-order valence-corrected chi connectivity index (χ3v) is 4.13. The average Bonchev–Trinajstić information content (AvgIpc) is 2.69. The minimum absolute atomic E-state index is 0.930. The molecule has 0 saturated heterocycles. The molecule has 4 aromatic rings. The number of aryl methyl sites for hydroxylation is 4. The Morgan fingerprint density at radius 1 is 0.536 bits per heavy atom. The van der Waals surface area contributed by atoms with Crippen LogP contribution in [0.1, 0.15) is 22.5 Å². The monoisotopic (exact) mass is 368 g/mol. The largest absolute Gasteiger partial charge is 0.255 e. The first-order chi connectivity index (χ1) is 13.5. The van der Waals surface area contributed by atoms with Crippen LogP contribution in [0.3, 0.4) is 0 Å². The van der Waals surface area contributed by atoms with Crippen LogP contribution in [-0.4, -0.2) is 19.9 Å². The van der Waals surface area contributed by atoms with Gasteiger partial charge in [0.15, 0.2) is 0 Å². The Morgan fingerprint density at radius 3 is 1.68 bits per heavy atom. The van der Waals surface area contributed by atoms with Crippen LogP contribution in [0.25, 0.3) is 22.8 Å². The van der Waals surface area contributed by atoms with E-state index in [4.69, 9.17) is 0 Å². The lowest BCUT2D eigenvalue weighted by atomic mass is 10.2. The SMILES string of the molecule is Cc1ccc(-c2cc(C)ccn2)nc1.Cc1cccc(-c2cccc(C)n2)n1. The molecule has 4 heteroatoms. The van der Waals surface area contributed by atoms with E-state index in [9.17, 15) is 0 Å². The second-order valence-electron chi connectivity index (χ2n) is 6.77. The fraction of sp³-hybridized carbons (Fsp3) is 0.167. The Labute approximate surface area is 166 Å². The van der Waals surface area contributed by atoms with Gasteiger partial charge in [-0.05, 0) is 81.3 Å². The van der Waals surface area contributed by atoms with Crippen LogP contribution in [0.5, 0.6) is 0 Å². The van der Waals surface area contributed by atoms with Crippen LogP contribution >= 0.6 is 0 Å². The van der Waals surface area contributed by atoms with Crippen molar-refractivity contribution in [2.45, 2.75) is 27.7 Å². The first-order valence-electron chi connectivity index (χ1n) is 9.24. The summed E-state index contributed by atoms with van der Waals surface area (Å²) < 4.78 is 0. The van der Waals surface area contributed by atoms with E-state index in [1.165, 1.54) is 11.1 Å². The molecule has 0 bridgehead atoms. The Kier molecular flexibility index (Phi) is 6.22. The summed E-state index contributed by atoms with van der Waals surface area (Å²) in [7, 11) is 0. The molecule has 4 nitrogen and oxygen atoms in total. The molecular weight excluding hydrogens is 344 g/mol. The highest BCUT2D eigenvalue weighted by Crippen LogP contribution is 2.15. The lowest BCUT2D eigenvalue weighted by Gasteiger charge is -2.01. The second-order valence-corrected chi connectivity index (χ2v) is 6.77. The number of hydrogen-bond acceptors (Lipinski definition) is 4. The van der Waals surface area contributed by atoms with Gasteiger partial charge in [0, 0.05) is 23.8 Å². The Morgan fingerprint density at radius 2 is 1.18 bits per heavy atom. The van der Waals surface area contributed by atoms with Gasteiger partial charge in [-0.3, -0.25) is 19.9 Å². The summed E-state index contributed by atoms with van der Waals surface area (Å²) in [5.41, 5.74) is 8.15. The van der Waals surface area contributed by atoms with E-state index in [0.29, 0.717) is 0 Å². The van der Waals surface area contributed by atoms with Crippen molar-refractivity contribution < 1.29 is 0 Å². The molecule has 0 radical (unpaired) electrons. The predicted octanol–water partition coefficient (Wildman–Crippen LogP) is 5.52.